The van der Waals surface area contributed by atoms with E-state index in [4.69, 9.17) is 4.74 Å². The van der Waals surface area contributed by atoms with Gasteiger partial charge in [-0.25, -0.2) is 0 Å². The van der Waals surface area contributed by atoms with Gasteiger partial charge in [0.25, 0.3) is 0 Å². The molecule has 90 valence electrons. The maximum atomic E-state index is 11.4. The molecule has 5 nitrogen and oxygen atoms in total. The minimum atomic E-state index is -0.168. The van der Waals surface area contributed by atoms with Gasteiger partial charge in [-0.1, -0.05) is 0 Å². The number of ether oxygens (including phenoxy) is 1. The van der Waals surface area contributed by atoms with Gasteiger partial charge in [-0.15, -0.1) is 0 Å². The van der Waals surface area contributed by atoms with Crippen LogP contribution in [0.3, 0.4) is 0 Å². The van der Waals surface area contributed by atoms with Crippen LogP contribution in [0.15, 0.2) is 0 Å². The maximum absolute atomic E-state index is 11.4. The van der Waals surface area contributed by atoms with E-state index in [1.807, 2.05) is 0 Å². The molecular formula is C11H18N2O3. The minimum Gasteiger partial charge on any atom is -0.469 e. The molecule has 0 atom stereocenters. The number of methoxy groups -OCH3 is 1. The van der Waals surface area contributed by atoms with E-state index in [9.17, 15) is 9.59 Å². The first-order valence-corrected chi connectivity index (χ1v) is 5.71. The molecule has 0 bridgehead atoms. The van der Waals surface area contributed by atoms with E-state index < -0.39 is 0 Å². The summed E-state index contributed by atoms with van der Waals surface area (Å²) in [6.07, 6.45) is 1.65. The third-order valence-electron chi connectivity index (χ3n) is 3.60. The van der Waals surface area contributed by atoms with Crippen molar-refractivity contribution in [2.45, 2.75) is 24.8 Å². The van der Waals surface area contributed by atoms with Gasteiger partial charge >= 0.3 is 5.97 Å². The Hall–Kier alpha value is -0.940. The van der Waals surface area contributed by atoms with Crippen molar-refractivity contribution in [3.8, 4) is 0 Å². The van der Waals surface area contributed by atoms with Crippen LogP contribution >= 0.6 is 0 Å². The normalized spacial score (nSPS) is 24.9. The zero-order valence-corrected chi connectivity index (χ0v) is 9.62. The first-order valence-electron chi connectivity index (χ1n) is 5.71. The van der Waals surface area contributed by atoms with Gasteiger partial charge in [0.05, 0.1) is 19.1 Å². The molecule has 1 N–H and O–H groups in total. The van der Waals surface area contributed by atoms with E-state index >= 15 is 0 Å². The Bertz CT molecular complexity index is 290. The number of rotatable bonds is 3. The van der Waals surface area contributed by atoms with E-state index in [1.165, 1.54) is 7.11 Å². The first-order chi connectivity index (χ1) is 7.66. The lowest BCUT2D eigenvalue weighted by Gasteiger charge is -2.51. The van der Waals surface area contributed by atoms with Crippen molar-refractivity contribution >= 4 is 11.8 Å². The second-order valence-electron chi connectivity index (χ2n) is 4.61. The fraction of sp³-hybridized carbons (Fsp3) is 0.818. The van der Waals surface area contributed by atoms with Crippen LogP contribution in [-0.4, -0.2) is 55.5 Å². The van der Waals surface area contributed by atoms with Crippen molar-refractivity contribution in [3.63, 3.8) is 0 Å². The molecule has 0 radical (unpaired) electrons. The van der Waals surface area contributed by atoms with Crippen LogP contribution in [0.25, 0.3) is 0 Å². The number of piperidine rings is 1. The van der Waals surface area contributed by atoms with Crippen molar-refractivity contribution in [2.75, 3.05) is 33.3 Å². The van der Waals surface area contributed by atoms with Crippen LogP contribution in [0.1, 0.15) is 19.3 Å². The summed E-state index contributed by atoms with van der Waals surface area (Å²) in [6.45, 7) is 3.18. The number of likely N-dealkylation sites (tertiary alicyclic amines) is 1. The van der Waals surface area contributed by atoms with E-state index in [-0.39, 0.29) is 11.5 Å². The van der Waals surface area contributed by atoms with Gasteiger partial charge in [0, 0.05) is 39.0 Å². The molecule has 16 heavy (non-hydrogen) atoms. The quantitative estimate of drug-likeness (QED) is 0.661. The van der Waals surface area contributed by atoms with E-state index in [1.54, 1.807) is 0 Å². The van der Waals surface area contributed by atoms with Crippen LogP contribution < -0.4 is 5.32 Å². The zero-order valence-electron chi connectivity index (χ0n) is 9.62. The van der Waals surface area contributed by atoms with Gasteiger partial charge in [0.1, 0.15) is 5.78 Å². The standard InChI is InChI=1S/C11H18N2O3/c1-16-10(15)6-11(7-12-8-11)13-4-2-9(14)3-5-13/h12H,2-8H2,1H3. The number of hydrogen-bond donors (Lipinski definition) is 1. The first kappa shape index (κ1) is 11.5. The van der Waals surface area contributed by atoms with Crippen LogP contribution in [0.5, 0.6) is 0 Å². The lowest BCUT2D eigenvalue weighted by atomic mass is 9.84. The third-order valence-corrected chi connectivity index (χ3v) is 3.60. The lowest BCUT2D eigenvalue weighted by Crippen LogP contribution is -2.70. The monoisotopic (exact) mass is 226 g/mol. The second kappa shape index (κ2) is 4.51. The van der Waals surface area contributed by atoms with Gasteiger partial charge in [0.15, 0.2) is 0 Å². The molecule has 2 aliphatic rings. The van der Waals surface area contributed by atoms with Crippen LogP contribution in [-0.2, 0) is 14.3 Å². The Labute approximate surface area is 95.1 Å². The molecule has 0 aromatic heterocycles. The summed E-state index contributed by atoms with van der Waals surface area (Å²) < 4.78 is 4.73. The van der Waals surface area contributed by atoms with Crippen LogP contribution in [0, 0.1) is 0 Å². The van der Waals surface area contributed by atoms with Crippen molar-refractivity contribution in [2.24, 2.45) is 0 Å². The van der Waals surface area contributed by atoms with E-state index in [0.29, 0.717) is 25.0 Å². The molecule has 2 heterocycles. The van der Waals surface area contributed by atoms with E-state index in [2.05, 4.69) is 10.2 Å². The summed E-state index contributed by atoms with van der Waals surface area (Å²) in [7, 11) is 1.42. The Balaban J connectivity index is 1.98. The average Bonchev–Trinajstić information content (AvgIpc) is 2.24. The molecule has 2 saturated heterocycles. The number of esters is 1. The molecule has 0 aromatic carbocycles. The number of carbonyl (C=O) groups is 2. The van der Waals surface area contributed by atoms with Gasteiger partial charge < -0.3 is 10.1 Å². The molecule has 2 aliphatic heterocycles. The molecule has 0 amide bonds. The third kappa shape index (κ3) is 2.10. The molecule has 0 aliphatic carbocycles. The Morgan fingerprint density at radius 1 is 1.44 bits per heavy atom. The molecule has 0 unspecified atom stereocenters. The van der Waals surface area contributed by atoms with Crippen LogP contribution in [0.4, 0.5) is 0 Å². The highest BCUT2D eigenvalue weighted by molar-refractivity contribution is 5.79. The lowest BCUT2D eigenvalue weighted by molar-refractivity contribution is -0.146. The SMILES string of the molecule is COC(=O)CC1(N2CCC(=O)CC2)CNC1. The number of carbonyl (C=O) groups excluding carboxylic acids is 2. The van der Waals surface area contributed by atoms with Gasteiger partial charge in [-0.3, -0.25) is 14.5 Å². The fourth-order valence-corrected chi connectivity index (χ4v) is 2.45. The molecule has 0 aromatic rings. The number of nitrogens with one attached hydrogen (secondary N) is 1. The summed E-state index contributed by atoms with van der Waals surface area (Å²) in [4.78, 5) is 24.8. The highest BCUT2D eigenvalue weighted by atomic mass is 16.5. The summed E-state index contributed by atoms with van der Waals surface area (Å²) >= 11 is 0. The predicted octanol–water partition coefficient (Wildman–Crippen LogP) is -0.444. The second-order valence-corrected chi connectivity index (χ2v) is 4.61. The number of ketones is 1. The van der Waals surface area contributed by atoms with Crippen molar-refractivity contribution < 1.29 is 14.3 Å². The fourth-order valence-electron chi connectivity index (χ4n) is 2.45. The Morgan fingerprint density at radius 3 is 2.50 bits per heavy atom. The van der Waals surface area contributed by atoms with E-state index in [0.717, 1.165) is 26.2 Å². The minimum absolute atomic E-state index is 0.103. The van der Waals surface area contributed by atoms with Crippen molar-refractivity contribution in [1.82, 2.24) is 10.2 Å². The smallest absolute Gasteiger partial charge is 0.307 e. The highest BCUT2D eigenvalue weighted by Crippen LogP contribution is 2.27. The summed E-state index contributed by atoms with van der Waals surface area (Å²) in [5, 5.41) is 3.21. The Morgan fingerprint density at radius 2 is 2.06 bits per heavy atom. The number of hydrogen-bond acceptors (Lipinski definition) is 5. The number of Topliss-reactive ketones (excluding diaryl/α,β-unsaturated/α-hetero) is 1. The van der Waals surface area contributed by atoms with Crippen LogP contribution in [0.2, 0.25) is 0 Å². The Kier molecular flexibility index (Phi) is 3.25. The van der Waals surface area contributed by atoms with Gasteiger partial charge in [-0.05, 0) is 0 Å². The maximum Gasteiger partial charge on any atom is 0.307 e. The molecule has 5 heteroatoms. The molecule has 0 spiro atoms. The molecular weight excluding hydrogens is 208 g/mol. The average molecular weight is 226 g/mol. The van der Waals surface area contributed by atoms with Gasteiger partial charge in [0.2, 0.25) is 0 Å². The zero-order chi connectivity index (χ0) is 11.6. The molecule has 0 saturated carbocycles. The summed E-state index contributed by atoms with van der Waals surface area (Å²) in [6, 6.07) is 0. The topological polar surface area (TPSA) is 58.6 Å². The van der Waals surface area contributed by atoms with Gasteiger partial charge in [-0.2, -0.15) is 0 Å². The van der Waals surface area contributed by atoms with Crippen molar-refractivity contribution in [1.29, 1.82) is 0 Å². The molecule has 2 fully saturated rings. The summed E-state index contributed by atoms with van der Waals surface area (Å²) in [5.74, 6) is 0.162. The molecule has 2 rings (SSSR count). The summed E-state index contributed by atoms with van der Waals surface area (Å²) in [5.41, 5.74) is -0.103. The predicted molar refractivity (Wildman–Crippen MR) is 58.0 cm³/mol. The number of nitrogens with zero attached hydrogens (tertiary/aromatic N) is 1. The largest absolute Gasteiger partial charge is 0.469 e. The van der Waals surface area contributed by atoms with Crippen molar-refractivity contribution in [3.05, 3.63) is 0 Å². The highest BCUT2D eigenvalue weighted by Gasteiger charge is 2.45.